The summed E-state index contributed by atoms with van der Waals surface area (Å²) in [5.41, 5.74) is 0.238. The molecule has 6 heteroatoms. The minimum Gasteiger partial charge on any atom is -0.392 e. The highest BCUT2D eigenvalue weighted by atomic mass is 19.1. The molecule has 0 aliphatic carbocycles. The van der Waals surface area contributed by atoms with E-state index in [-0.39, 0.29) is 17.9 Å². The highest BCUT2D eigenvalue weighted by Gasteiger charge is 2.33. The van der Waals surface area contributed by atoms with Crippen molar-refractivity contribution in [3.8, 4) is 0 Å². The molecule has 1 aromatic carbocycles. The number of nitrogens with one attached hydrogen (secondary N) is 1. The van der Waals surface area contributed by atoms with Gasteiger partial charge in [-0.3, -0.25) is 9.69 Å². The summed E-state index contributed by atoms with van der Waals surface area (Å²) in [6.45, 7) is 3.16. The van der Waals surface area contributed by atoms with Crippen molar-refractivity contribution in [1.82, 2.24) is 10.2 Å². The van der Waals surface area contributed by atoms with Crippen LogP contribution in [-0.4, -0.2) is 41.7 Å². The summed E-state index contributed by atoms with van der Waals surface area (Å²) < 4.78 is 27.2. The Kier molecular flexibility index (Phi) is 5.25. The van der Waals surface area contributed by atoms with Crippen molar-refractivity contribution in [3.63, 3.8) is 0 Å². The Morgan fingerprint density at radius 1 is 1.48 bits per heavy atom. The third kappa shape index (κ3) is 3.98. The molecule has 0 spiro atoms. The van der Waals surface area contributed by atoms with E-state index in [2.05, 4.69) is 5.32 Å². The van der Waals surface area contributed by atoms with E-state index < -0.39 is 23.8 Å². The van der Waals surface area contributed by atoms with Gasteiger partial charge in [0.05, 0.1) is 6.10 Å². The molecule has 0 bridgehead atoms. The van der Waals surface area contributed by atoms with Gasteiger partial charge in [-0.2, -0.15) is 0 Å². The summed E-state index contributed by atoms with van der Waals surface area (Å²) in [7, 11) is 0. The molecule has 0 saturated carbocycles. The fourth-order valence-electron chi connectivity index (χ4n) is 2.75. The summed E-state index contributed by atoms with van der Waals surface area (Å²) >= 11 is 0. The Bertz CT molecular complexity index is 510. The van der Waals surface area contributed by atoms with Crippen LogP contribution in [0.1, 0.15) is 31.4 Å². The summed E-state index contributed by atoms with van der Waals surface area (Å²) in [6, 6.07) is 2.93. The van der Waals surface area contributed by atoms with E-state index in [0.717, 1.165) is 18.2 Å². The number of benzene rings is 1. The van der Waals surface area contributed by atoms with E-state index >= 15 is 0 Å². The number of aliphatic hydroxyl groups is 1. The predicted octanol–water partition coefficient (Wildman–Crippen LogP) is 1.60. The monoisotopic (exact) mass is 298 g/mol. The molecule has 1 aliphatic heterocycles. The molecule has 0 unspecified atom stereocenters. The average molecular weight is 298 g/mol. The second kappa shape index (κ2) is 6.95. The summed E-state index contributed by atoms with van der Waals surface area (Å²) in [5.74, 6) is -1.08. The van der Waals surface area contributed by atoms with E-state index in [1.807, 2.05) is 11.8 Å². The van der Waals surface area contributed by atoms with Crippen LogP contribution >= 0.6 is 0 Å². The van der Waals surface area contributed by atoms with Gasteiger partial charge in [0.25, 0.3) is 0 Å². The highest BCUT2D eigenvalue weighted by molar-refractivity contribution is 5.75. The van der Waals surface area contributed by atoms with E-state index in [0.29, 0.717) is 26.1 Å². The van der Waals surface area contributed by atoms with Gasteiger partial charge in [0.2, 0.25) is 5.91 Å². The number of hydrogen-bond donors (Lipinski definition) is 2. The first-order valence-electron chi connectivity index (χ1n) is 7.15. The molecule has 2 N–H and O–H groups in total. The average Bonchev–Trinajstić information content (AvgIpc) is 2.80. The lowest BCUT2D eigenvalue weighted by molar-refractivity contribution is -0.121. The number of nitrogens with zero attached hydrogens (tertiary/aromatic N) is 1. The van der Waals surface area contributed by atoms with Crippen LogP contribution in [0.4, 0.5) is 8.78 Å². The van der Waals surface area contributed by atoms with Crippen LogP contribution in [0.25, 0.3) is 0 Å². The minimum absolute atomic E-state index is 0.0858. The third-order valence-corrected chi connectivity index (χ3v) is 3.70. The van der Waals surface area contributed by atoms with Gasteiger partial charge in [-0.15, -0.1) is 0 Å². The Hall–Kier alpha value is -1.53. The van der Waals surface area contributed by atoms with Crippen molar-refractivity contribution in [2.75, 3.05) is 19.6 Å². The van der Waals surface area contributed by atoms with Crippen LogP contribution < -0.4 is 5.32 Å². The Labute approximate surface area is 122 Å². The molecule has 0 aromatic heterocycles. The Morgan fingerprint density at radius 3 is 2.95 bits per heavy atom. The van der Waals surface area contributed by atoms with Crippen LogP contribution in [0.15, 0.2) is 18.2 Å². The van der Waals surface area contributed by atoms with E-state index in [1.165, 1.54) is 0 Å². The number of amides is 1. The van der Waals surface area contributed by atoms with E-state index in [4.69, 9.17) is 0 Å². The second-order valence-corrected chi connectivity index (χ2v) is 5.27. The van der Waals surface area contributed by atoms with Crippen molar-refractivity contribution in [3.05, 3.63) is 35.4 Å². The molecule has 2 rings (SSSR count). The number of hydrogen-bond acceptors (Lipinski definition) is 3. The topological polar surface area (TPSA) is 52.6 Å². The molecule has 116 valence electrons. The molecule has 1 amide bonds. The first-order valence-corrected chi connectivity index (χ1v) is 7.15. The molecule has 1 heterocycles. The summed E-state index contributed by atoms with van der Waals surface area (Å²) in [5, 5.41) is 12.5. The number of rotatable bonds is 5. The van der Waals surface area contributed by atoms with Crippen LogP contribution in [0.3, 0.4) is 0 Å². The quantitative estimate of drug-likeness (QED) is 0.868. The number of carbonyl (C=O) groups excluding carboxylic acids is 1. The largest absolute Gasteiger partial charge is 0.392 e. The first-order chi connectivity index (χ1) is 10.0. The van der Waals surface area contributed by atoms with Gasteiger partial charge in [-0.1, -0.05) is 0 Å². The predicted molar refractivity (Wildman–Crippen MR) is 74.6 cm³/mol. The van der Waals surface area contributed by atoms with Crippen molar-refractivity contribution in [2.45, 2.75) is 31.9 Å². The maximum absolute atomic E-state index is 13.9. The molecule has 21 heavy (non-hydrogen) atoms. The molecule has 4 nitrogen and oxygen atoms in total. The maximum Gasteiger partial charge on any atom is 0.221 e. The fraction of sp³-hybridized carbons (Fsp3) is 0.533. The van der Waals surface area contributed by atoms with E-state index in [1.54, 1.807) is 0 Å². The number of halogens is 2. The first kappa shape index (κ1) is 15.9. The van der Waals surface area contributed by atoms with Gasteiger partial charge in [-0.05, 0) is 31.5 Å². The fourth-order valence-corrected chi connectivity index (χ4v) is 2.75. The van der Waals surface area contributed by atoms with Gasteiger partial charge in [0.1, 0.15) is 11.6 Å². The molecular formula is C15H20F2N2O2. The Morgan fingerprint density at radius 2 is 2.24 bits per heavy atom. The normalized spacial score (nSPS) is 22.5. The summed E-state index contributed by atoms with van der Waals surface area (Å²) in [4.78, 5) is 13.3. The van der Waals surface area contributed by atoms with Crippen molar-refractivity contribution >= 4 is 5.91 Å². The van der Waals surface area contributed by atoms with Gasteiger partial charge < -0.3 is 10.4 Å². The number of aliphatic hydroxyl groups excluding tert-OH is 1. The molecule has 1 fully saturated rings. The third-order valence-electron chi connectivity index (χ3n) is 3.70. The standard InChI is InChI=1S/C15H20F2N2O2/c1-2-18-15(21)5-6-19-9-11(20)8-14(19)12-7-10(16)3-4-13(12)17/h3-4,7,11,14,20H,2,5-6,8-9H2,1H3,(H,18,21)/t11-,14-/m1/s1. The molecule has 0 radical (unpaired) electrons. The number of likely N-dealkylation sites (tertiary alicyclic amines) is 1. The zero-order valence-corrected chi connectivity index (χ0v) is 12.0. The van der Waals surface area contributed by atoms with Crippen LogP contribution in [0.2, 0.25) is 0 Å². The molecule has 1 aliphatic rings. The zero-order chi connectivity index (χ0) is 15.4. The van der Waals surface area contributed by atoms with Gasteiger partial charge in [0, 0.05) is 37.7 Å². The van der Waals surface area contributed by atoms with Gasteiger partial charge >= 0.3 is 0 Å². The highest BCUT2D eigenvalue weighted by Crippen LogP contribution is 2.33. The van der Waals surface area contributed by atoms with Gasteiger partial charge in [-0.25, -0.2) is 8.78 Å². The lowest BCUT2D eigenvalue weighted by Gasteiger charge is -2.24. The lowest BCUT2D eigenvalue weighted by atomic mass is 10.0. The molecular weight excluding hydrogens is 278 g/mol. The lowest BCUT2D eigenvalue weighted by Crippen LogP contribution is -2.31. The maximum atomic E-state index is 13.9. The zero-order valence-electron chi connectivity index (χ0n) is 12.0. The number of β-amino-alcohol motifs (C(OH)–C–C–N with tert-alkyl or cyclic N) is 1. The van der Waals surface area contributed by atoms with Crippen LogP contribution in [0.5, 0.6) is 0 Å². The van der Waals surface area contributed by atoms with Crippen LogP contribution in [-0.2, 0) is 4.79 Å². The second-order valence-electron chi connectivity index (χ2n) is 5.27. The number of carbonyl (C=O) groups is 1. The van der Waals surface area contributed by atoms with Gasteiger partial charge in [0.15, 0.2) is 0 Å². The molecule has 2 atom stereocenters. The summed E-state index contributed by atoms with van der Waals surface area (Å²) in [6.07, 6.45) is 0.0240. The van der Waals surface area contributed by atoms with Crippen molar-refractivity contribution in [2.24, 2.45) is 0 Å². The molecule has 1 aromatic rings. The van der Waals surface area contributed by atoms with Crippen molar-refractivity contribution < 1.29 is 18.7 Å². The smallest absolute Gasteiger partial charge is 0.221 e. The van der Waals surface area contributed by atoms with Crippen molar-refractivity contribution in [1.29, 1.82) is 0 Å². The van der Waals surface area contributed by atoms with E-state index in [9.17, 15) is 18.7 Å². The minimum atomic E-state index is -0.591. The van der Waals surface area contributed by atoms with Crippen LogP contribution in [0, 0.1) is 11.6 Å². The SMILES string of the molecule is CCNC(=O)CCN1C[C@H](O)C[C@@H]1c1cc(F)ccc1F. The Balaban J connectivity index is 2.09. The molecule has 1 saturated heterocycles.